The Hall–Kier alpha value is -3.05. The number of benzene rings is 3. The van der Waals surface area contributed by atoms with Crippen LogP contribution in [0.1, 0.15) is 39.6 Å². The van der Waals surface area contributed by atoms with E-state index in [0.29, 0.717) is 18.2 Å². The van der Waals surface area contributed by atoms with Gasteiger partial charge < -0.3 is 10.2 Å². The van der Waals surface area contributed by atoms with Gasteiger partial charge in [-0.05, 0) is 48.2 Å². The summed E-state index contributed by atoms with van der Waals surface area (Å²) >= 11 is 1.56. The van der Waals surface area contributed by atoms with Gasteiger partial charge in [0.15, 0.2) is 0 Å². The molecule has 5 heteroatoms. The molecule has 2 amide bonds. The quantitative estimate of drug-likeness (QED) is 0.508. The highest BCUT2D eigenvalue weighted by Crippen LogP contribution is 2.36. The summed E-state index contributed by atoms with van der Waals surface area (Å²) < 4.78 is 0. The molecule has 0 radical (unpaired) electrons. The predicted octanol–water partition coefficient (Wildman–Crippen LogP) is 5.07. The van der Waals surface area contributed by atoms with Crippen molar-refractivity contribution in [1.82, 2.24) is 10.2 Å². The molecular formula is C26H26N2O2S. The van der Waals surface area contributed by atoms with Gasteiger partial charge in [0.2, 0.25) is 5.91 Å². The molecule has 1 aliphatic carbocycles. The summed E-state index contributed by atoms with van der Waals surface area (Å²) in [6.45, 7) is 0.488. The van der Waals surface area contributed by atoms with Crippen molar-refractivity contribution in [2.75, 3.05) is 7.05 Å². The van der Waals surface area contributed by atoms with Crippen LogP contribution >= 0.6 is 11.8 Å². The number of nitrogens with zero attached hydrogens (tertiary/aromatic N) is 1. The van der Waals surface area contributed by atoms with Crippen molar-refractivity contribution < 1.29 is 9.59 Å². The maximum Gasteiger partial charge on any atom is 0.251 e. The number of amides is 2. The van der Waals surface area contributed by atoms with Gasteiger partial charge in [-0.15, -0.1) is 11.8 Å². The fraction of sp³-hybridized carbons (Fsp3) is 0.231. The Bertz CT molecular complexity index is 1020. The van der Waals surface area contributed by atoms with Gasteiger partial charge in [0.1, 0.15) is 5.25 Å². The normalized spacial score (nSPS) is 14.0. The van der Waals surface area contributed by atoms with Crippen LogP contribution in [0.25, 0.3) is 0 Å². The van der Waals surface area contributed by atoms with Gasteiger partial charge in [0.25, 0.3) is 5.91 Å². The van der Waals surface area contributed by atoms with E-state index in [-0.39, 0.29) is 17.1 Å². The van der Waals surface area contributed by atoms with Crippen molar-refractivity contribution in [2.24, 2.45) is 0 Å². The molecule has 3 aromatic carbocycles. The van der Waals surface area contributed by atoms with Crippen LogP contribution in [0, 0.1) is 0 Å². The maximum atomic E-state index is 13.4. The first-order chi connectivity index (χ1) is 15.1. The van der Waals surface area contributed by atoms with Gasteiger partial charge in [-0.1, -0.05) is 60.7 Å². The highest BCUT2D eigenvalue weighted by atomic mass is 32.2. The topological polar surface area (TPSA) is 49.4 Å². The molecule has 0 heterocycles. The van der Waals surface area contributed by atoms with Crippen molar-refractivity contribution in [3.63, 3.8) is 0 Å². The van der Waals surface area contributed by atoms with Crippen molar-refractivity contribution in [3.05, 3.63) is 102 Å². The minimum absolute atomic E-state index is 0.0260. The van der Waals surface area contributed by atoms with Gasteiger partial charge in [-0.2, -0.15) is 0 Å². The van der Waals surface area contributed by atoms with Crippen molar-refractivity contribution in [2.45, 2.75) is 35.6 Å². The van der Waals surface area contributed by atoms with E-state index < -0.39 is 0 Å². The Morgan fingerprint density at radius 1 is 0.935 bits per heavy atom. The van der Waals surface area contributed by atoms with Crippen LogP contribution in [0.2, 0.25) is 0 Å². The van der Waals surface area contributed by atoms with Crippen molar-refractivity contribution in [3.8, 4) is 0 Å². The van der Waals surface area contributed by atoms with Crippen LogP contribution in [0.15, 0.2) is 89.8 Å². The standard InChI is InChI=1S/C26H26N2O2S/c1-28(18-19-12-14-21(15-13-19)25(29)27-22-16-17-22)26(30)24(20-8-4-2-5-9-20)31-23-10-6-3-7-11-23/h2-15,22,24H,16-18H2,1H3,(H,27,29)/t24-/m0/s1. The summed E-state index contributed by atoms with van der Waals surface area (Å²) in [5, 5.41) is 2.68. The van der Waals surface area contributed by atoms with Crippen molar-refractivity contribution >= 4 is 23.6 Å². The zero-order valence-corrected chi connectivity index (χ0v) is 18.3. The summed E-state index contributed by atoms with van der Waals surface area (Å²) in [5.74, 6) is 0.0255. The monoisotopic (exact) mass is 430 g/mol. The maximum absolute atomic E-state index is 13.4. The molecular weight excluding hydrogens is 404 g/mol. The summed E-state index contributed by atoms with van der Waals surface area (Å²) in [7, 11) is 1.83. The van der Waals surface area contributed by atoms with E-state index in [9.17, 15) is 9.59 Å². The number of carbonyl (C=O) groups is 2. The lowest BCUT2D eigenvalue weighted by molar-refractivity contribution is -0.129. The minimum Gasteiger partial charge on any atom is -0.349 e. The number of likely N-dealkylation sites (N-methyl/N-ethyl adjacent to an activating group) is 1. The van der Waals surface area contributed by atoms with Crippen LogP contribution in [0.3, 0.4) is 0 Å². The Morgan fingerprint density at radius 3 is 2.16 bits per heavy atom. The molecule has 0 unspecified atom stereocenters. The SMILES string of the molecule is CN(Cc1ccc(C(=O)NC2CC2)cc1)C(=O)[C@@H](Sc1ccccc1)c1ccccc1. The molecule has 4 nitrogen and oxygen atoms in total. The Morgan fingerprint density at radius 2 is 1.55 bits per heavy atom. The van der Waals surface area contributed by atoms with Crippen LogP contribution in [-0.4, -0.2) is 29.8 Å². The fourth-order valence-corrected chi connectivity index (χ4v) is 4.49. The third-order valence-corrected chi connectivity index (χ3v) is 6.50. The van der Waals surface area contributed by atoms with Gasteiger partial charge in [-0.3, -0.25) is 9.59 Å². The number of hydrogen-bond donors (Lipinski definition) is 1. The first-order valence-electron chi connectivity index (χ1n) is 10.5. The summed E-state index contributed by atoms with van der Waals surface area (Å²) in [4.78, 5) is 28.4. The van der Waals surface area contributed by atoms with E-state index in [1.807, 2.05) is 92.0 Å². The van der Waals surface area contributed by atoms with E-state index in [2.05, 4.69) is 5.32 Å². The Kier molecular flexibility index (Phi) is 6.73. The van der Waals surface area contributed by atoms with Gasteiger partial charge in [0, 0.05) is 30.1 Å². The molecule has 31 heavy (non-hydrogen) atoms. The van der Waals surface area contributed by atoms with E-state index in [0.717, 1.165) is 28.9 Å². The molecule has 0 spiro atoms. The average Bonchev–Trinajstić information content (AvgIpc) is 3.62. The van der Waals surface area contributed by atoms with Gasteiger partial charge >= 0.3 is 0 Å². The molecule has 3 aromatic rings. The molecule has 158 valence electrons. The number of nitrogens with one attached hydrogen (secondary N) is 1. The van der Waals surface area contributed by atoms with E-state index in [1.165, 1.54) is 0 Å². The molecule has 0 saturated heterocycles. The van der Waals surface area contributed by atoms with Gasteiger partial charge in [-0.25, -0.2) is 0 Å². The smallest absolute Gasteiger partial charge is 0.251 e. The van der Waals surface area contributed by atoms with Crippen LogP contribution < -0.4 is 5.32 Å². The zero-order valence-electron chi connectivity index (χ0n) is 17.5. The lowest BCUT2D eigenvalue weighted by Gasteiger charge is -2.24. The number of carbonyl (C=O) groups excluding carboxylic acids is 2. The van der Waals surface area contributed by atoms with Crippen LogP contribution in [0.5, 0.6) is 0 Å². The third-order valence-electron chi connectivity index (χ3n) is 5.25. The molecule has 1 N–H and O–H groups in total. The molecule has 1 fully saturated rings. The lowest BCUT2D eigenvalue weighted by atomic mass is 10.1. The zero-order chi connectivity index (χ0) is 21.6. The highest BCUT2D eigenvalue weighted by molar-refractivity contribution is 8.00. The first-order valence-corrected chi connectivity index (χ1v) is 11.4. The highest BCUT2D eigenvalue weighted by Gasteiger charge is 2.26. The van der Waals surface area contributed by atoms with E-state index >= 15 is 0 Å². The third kappa shape index (κ3) is 5.76. The fourth-order valence-electron chi connectivity index (χ4n) is 3.33. The van der Waals surface area contributed by atoms with Crippen LogP contribution in [0.4, 0.5) is 0 Å². The minimum atomic E-state index is -0.322. The molecule has 0 bridgehead atoms. The first kappa shape index (κ1) is 21.2. The van der Waals surface area contributed by atoms with Gasteiger partial charge in [0.05, 0.1) is 0 Å². The summed E-state index contributed by atoms with van der Waals surface area (Å²) in [5.41, 5.74) is 2.64. The van der Waals surface area contributed by atoms with E-state index in [4.69, 9.17) is 0 Å². The molecule has 1 aliphatic rings. The second-order valence-corrected chi connectivity index (χ2v) is 9.04. The summed E-state index contributed by atoms with van der Waals surface area (Å²) in [6.07, 6.45) is 2.14. The predicted molar refractivity (Wildman–Crippen MR) is 125 cm³/mol. The average molecular weight is 431 g/mol. The molecule has 1 atom stereocenters. The Labute approximate surface area is 187 Å². The second-order valence-electron chi connectivity index (χ2n) is 7.86. The van der Waals surface area contributed by atoms with Crippen molar-refractivity contribution in [1.29, 1.82) is 0 Å². The van der Waals surface area contributed by atoms with E-state index in [1.54, 1.807) is 16.7 Å². The lowest BCUT2D eigenvalue weighted by Crippen LogP contribution is -2.30. The number of hydrogen-bond acceptors (Lipinski definition) is 3. The molecule has 4 rings (SSSR count). The molecule has 0 aromatic heterocycles. The largest absolute Gasteiger partial charge is 0.349 e. The number of rotatable bonds is 8. The summed E-state index contributed by atoms with van der Waals surface area (Å²) in [6, 6.07) is 27.7. The second kappa shape index (κ2) is 9.84. The molecule has 0 aliphatic heterocycles. The van der Waals surface area contributed by atoms with Crippen LogP contribution in [-0.2, 0) is 11.3 Å². The Balaban J connectivity index is 1.45. The molecule has 1 saturated carbocycles. The number of thioether (sulfide) groups is 1.